The van der Waals surface area contributed by atoms with Crippen molar-refractivity contribution in [2.75, 3.05) is 13.2 Å². The molecule has 8 heteroatoms. The van der Waals surface area contributed by atoms with Gasteiger partial charge in [0.2, 0.25) is 5.83 Å². The Kier molecular flexibility index (Phi) is 11.0. The smallest absolute Gasteiger partial charge is 0.366 e. The molecule has 0 bridgehead atoms. The molecule has 39 heavy (non-hydrogen) atoms. The van der Waals surface area contributed by atoms with E-state index in [2.05, 4.69) is 17.9 Å². The van der Waals surface area contributed by atoms with Gasteiger partial charge in [-0.15, -0.1) is 0 Å². The number of rotatable bonds is 14. The molecule has 0 aromatic heterocycles. The van der Waals surface area contributed by atoms with Crippen molar-refractivity contribution in [2.45, 2.75) is 25.7 Å². The van der Waals surface area contributed by atoms with Gasteiger partial charge in [-0.2, -0.15) is 4.39 Å². The molecule has 0 aliphatic carbocycles. The topological polar surface area (TPSA) is 88.1 Å². The van der Waals surface area contributed by atoms with Gasteiger partial charge in [-0.1, -0.05) is 37.4 Å². The van der Waals surface area contributed by atoms with E-state index in [1.807, 2.05) is 24.3 Å². The lowest BCUT2D eigenvalue weighted by molar-refractivity contribution is -0.140. The molecule has 3 aromatic rings. The highest BCUT2D eigenvalue weighted by Crippen LogP contribution is 2.25. The number of carbonyl (C=O) groups excluding carboxylic acids is 3. The Labute approximate surface area is 226 Å². The normalized spacial score (nSPS) is 10.3. The average molecular weight is 533 g/mol. The summed E-state index contributed by atoms with van der Waals surface area (Å²) in [6.07, 6.45) is 4.23. The van der Waals surface area contributed by atoms with E-state index in [0.717, 1.165) is 36.5 Å². The standard InChI is InChI=1S/C31H29FO7/c1-3-29(33)38-27-16-8-23(9-17-27)24-10-18-28(19-11-24)39-31(35)25-12-14-26(15-13-25)36-20-6-4-5-7-21-37-30(34)22(2)32/h3,8-19H,1-2,4-7,20-21H2. The SMILES string of the molecule is C=CC(=O)Oc1ccc(-c2ccc(OC(=O)c3ccc(OCCCCCCOC(=O)C(=C)F)cc3)cc2)cc1. The fraction of sp³-hybridized carbons (Fsp3) is 0.194. The second-order valence-electron chi connectivity index (χ2n) is 8.39. The first-order chi connectivity index (χ1) is 18.9. The molecular weight excluding hydrogens is 503 g/mol. The summed E-state index contributed by atoms with van der Waals surface area (Å²) in [6, 6.07) is 20.8. The molecule has 202 valence electrons. The summed E-state index contributed by atoms with van der Waals surface area (Å²) in [5, 5.41) is 0. The molecule has 0 radical (unpaired) electrons. The van der Waals surface area contributed by atoms with Gasteiger partial charge in [-0.3, -0.25) is 0 Å². The number of carbonyl (C=O) groups is 3. The number of benzene rings is 3. The lowest BCUT2D eigenvalue weighted by Gasteiger charge is -2.09. The van der Waals surface area contributed by atoms with Crippen LogP contribution in [-0.2, 0) is 14.3 Å². The van der Waals surface area contributed by atoms with Gasteiger partial charge < -0.3 is 18.9 Å². The van der Waals surface area contributed by atoms with Crippen molar-refractivity contribution in [1.29, 1.82) is 0 Å². The van der Waals surface area contributed by atoms with Gasteiger partial charge in [0.1, 0.15) is 17.2 Å². The van der Waals surface area contributed by atoms with E-state index in [9.17, 15) is 18.8 Å². The minimum absolute atomic E-state index is 0.161. The van der Waals surface area contributed by atoms with Gasteiger partial charge in [-0.05, 0) is 85.3 Å². The lowest BCUT2D eigenvalue weighted by atomic mass is 10.1. The summed E-state index contributed by atoms with van der Waals surface area (Å²) in [6.45, 7) is 6.91. The zero-order chi connectivity index (χ0) is 28.0. The third-order valence-corrected chi connectivity index (χ3v) is 5.49. The molecule has 3 rings (SSSR count). The molecule has 7 nitrogen and oxygen atoms in total. The van der Waals surface area contributed by atoms with Crippen LogP contribution in [0.3, 0.4) is 0 Å². The molecule has 0 fully saturated rings. The maximum absolute atomic E-state index is 12.5. The molecule has 0 aliphatic heterocycles. The number of ether oxygens (including phenoxy) is 4. The Balaban J connectivity index is 1.39. The molecular formula is C31H29FO7. The predicted octanol–water partition coefficient (Wildman–Crippen LogP) is 6.63. The second kappa shape index (κ2) is 14.9. The van der Waals surface area contributed by atoms with Gasteiger partial charge in [0.05, 0.1) is 18.8 Å². The Morgan fingerprint density at radius 1 is 0.692 bits per heavy atom. The van der Waals surface area contributed by atoms with Crippen molar-refractivity contribution in [3.63, 3.8) is 0 Å². The van der Waals surface area contributed by atoms with Gasteiger partial charge in [0.15, 0.2) is 0 Å². The summed E-state index contributed by atoms with van der Waals surface area (Å²) < 4.78 is 33.4. The molecule has 0 aliphatic rings. The minimum Gasteiger partial charge on any atom is -0.494 e. The third kappa shape index (κ3) is 9.59. The largest absolute Gasteiger partial charge is 0.494 e. The van der Waals surface area contributed by atoms with E-state index in [0.29, 0.717) is 35.8 Å². The predicted molar refractivity (Wildman–Crippen MR) is 144 cm³/mol. The van der Waals surface area contributed by atoms with E-state index in [1.54, 1.807) is 48.5 Å². The number of hydrogen-bond acceptors (Lipinski definition) is 7. The summed E-state index contributed by atoms with van der Waals surface area (Å²) >= 11 is 0. The van der Waals surface area contributed by atoms with Crippen molar-refractivity contribution in [2.24, 2.45) is 0 Å². The monoisotopic (exact) mass is 532 g/mol. The number of halogens is 1. The Morgan fingerprint density at radius 3 is 1.74 bits per heavy atom. The van der Waals surface area contributed by atoms with Crippen LogP contribution in [0.4, 0.5) is 4.39 Å². The van der Waals surface area contributed by atoms with Gasteiger partial charge in [0.25, 0.3) is 0 Å². The van der Waals surface area contributed by atoms with E-state index < -0.39 is 23.7 Å². The quantitative estimate of drug-likeness (QED) is 0.0996. The van der Waals surface area contributed by atoms with Crippen LogP contribution in [-0.4, -0.2) is 31.1 Å². The van der Waals surface area contributed by atoms with Crippen LogP contribution in [0, 0.1) is 0 Å². The fourth-order valence-electron chi connectivity index (χ4n) is 3.43. The zero-order valence-electron chi connectivity index (χ0n) is 21.4. The van der Waals surface area contributed by atoms with E-state index in [-0.39, 0.29) is 6.61 Å². The molecule has 0 N–H and O–H groups in total. The Hall–Kier alpha value is -4.72. The lowest BCUT2D eigenvalue weighted by Crippen LogP contribution is -2.08. The molecule has 0 amide bonds. The third-order valence-electron chi connectivity index (χ3n) is 5.49. The number of esters is 3. The van der Waals surface area contributed by atoms with Crippen LogP contribution in [0.25, 0.3) is 11.1 Å². The highest BCUT2D eigenvalue weighted by molar-refractivity contribution is 5.91. The van der Waals surface area contributed by atoms with Crippen LogP contribution < -0.4 is 14.2 Å². The van der Waals surface area contributed by atoms with Crippen LogP contribution >= 0.6 is 0 Å². The molecule has 3 aromatic carbocycles. The second-order valence-corrected chi connectivity index (χ2v) is 8.39. The number of unbranched alkanes of at least 4 members (excludes halogenated alkanes) is 3. The molecule has 0 atom stereocenters. The van der Waals surface area contributed by atoms with Crippen molar-refractivity contribution in [3.8, 4) is 28.4 Å². The van der Waals surface area contributed by atoms with Crippen LogP contribution in [0.5, 0.6) is 17.2 Å². The molecule has 0 saturated carbocycles. The summed E-state index contributed by atoms with van der Waals surface area (Å²) in [7, 11) is 0. The summed E-state index contributed by atoms with van der Waals surface area (Å²) in [4.78, 5) is 34.8. The highest BCUT2D eigenvalue weighted by atomic mass is 19.1. The molecule has 0 spiro atoms. The zero-order valence-corrected chi connectivity index (χ0v) is 21.4. The summed E-state index contributed by atoms with van der Waals surface area (Å²) in [5.74, 6) is -1.65. The van der Waals surface area contributed by atoms with Gasteiger partial charge >= 0.3 is 17.9 Å². The maximum Gasteiger partial charge on any atom is 0.366 e. The van der Waals surface area contributed by atoms with Gasteiger partial charge in [0, 0.05) is 6.08 Å². The minimum atomic E-state index is -1.09. The van der Waals surface area contributed by atoms with Crippen molar-refractivity contribution in [1.82, 2.24) is 0 Å². The van der Waals surface area contributed by atoms with E-state index in [4.69, 9.17) is 14.2 Å². The van der Waals surface area contributed by atoms with Gasteiger partial charge in [-0.25, -0.2) is 14.4 Å². The summed E-state index contributed by atoms with van der Waals surface area (Å²) in [5.41, 5.74) is 2.21. The molecule has 0 heterocycles. The van der Waals surface area contributed by atoms with Crippen LogP contribution in [0.1, 0.15) is 36.0 Å². The Bertz CT molecular complexity index is 1280. The van der Waals surface area contributed by atoms with Crippen molar-refractivity contribution >= 4 is 17.9 Å². The maximum atomic E-state index is 12.5. The fourth-order valence-corrected chi connectivity index (χ4v) is 3.43. The Morgan fingerprint density at radius 2 is 1.21 bits per heavy atom. The van der Waals surface area contributed by atoms with E-state index in [1.165, 1.54) is 0 Å². The van der Waals surface area contributed by atoms with Crippen molar-refractivity contribution in [3.05, 3.63) is 103 Å². The molecule has 0 unspecified atom stereocenters. The first kappa shape index (κ1) is 28.8. The van der Waals surface area contributed by atoms with Crippen molar-refractivity contribution < 1.29 is 37.7 Å². The van der Waals surface area contributed by atoms with Crippen LogP contribution in [0.15, 0.2) is 97.9 Å². The first-order valence-corrected chi connectivity index (χ1v) is 12.4. The molecule has 0 saturated heterocycles. The van der Waals surface area contributed by atoms with Crippen LogP contribution in [0.2, 0.25) is 0 Å². The van der Waals surface area contributed by atoms with E-state index >= 15 is 0 Å². The highest BCUT2D eigenvalue weighted by Gasteiger charge is 2.10. The first-order valence-electron chi connectivity index (χ1n) is 12.4. The average Bonchev–Trinajstić information content (AvgIpc) is 2.95. The number of hydrogen-bond donors (Lipinski definition) is 0.